The number of rotatable bonds is 1. The molecule has 0 bridgehead atoms. The Morgan fingerprint density at radius 2 is 2.12 bits per heavy atom. The van der Waals surface area contributed by atoms with Crippen molar-refractivity contribution in [3.05, 3.63) is 38.3 Å². The topological polar surface area (TPSA) is 20.3 Å². The fraction of sp³-hybridized carbons (Fsp3) is 0.250. The molecule has 2 rings (SSSR count). The fourth-order valence-electron chi connectivity index (χ4n) is 2.20. The minimum absolute atomic E-state index is 0.0111. The van der Waals surface area contributed by atoms with Crippen LogP contribution in [-0.2, 0) is 10.2 Å². The number of para-hydroxylation sites is 1. The first kappa shape index (κ1) is 13.1. The van der Waals surface area contributed by atoms with Gasteiger partial charge in [-0.05, 0) is 56.5 Å². The van der Waals surface area contributed by atoms with Gasteiger partial charge < -0.3 is 4.90 Å². The van der Waals surface area contributed by atoms with Gasteiger partial charge in [-0.15, -0.1) is 0 Å². The van der Waals surface area contributed by atoms with Gasteiger partial charge in [-0.1, -0.05) is 23.7 Å². The van der Waals surface area contributed by atoms with Crippen LogP contribution >= 0.6 is 43.5 Å². The van der Waals surface area contributed by atoms with E-state index in [1.807, 2.05) is 25.1 Å². The second-order valence-corrected chi connectivity index (χ2v) is 7.32. The van der Waals surface area contributed by atoms with Crippen molar-refractivity contribution in [3.8, 4) is 0 Å². The van der Waals surface area contributed by atoms with Crippen LogP contribution in [0.3, 0.4) is 0 Å². The molecule has 1 amide bonds. The number of carbonyl (C=O) groups is 1. The molecule has 0 fully saturated rings. The molecule has 0 saturated carbocycles. The summed E-state index contributed by atoms with van der Waals surface area (Å²) in [5.74, 6) is 0.0111. The van der Waals surface area contributed by atoms with Crippen LogP contribution in [0.15, 0.2) is 27.7 Å². The van der Waals surface area contributed by atoms with Gasteiger partial charge in [0.15, 0.2) is 0 Å². The highest BCUT2D eigenvalue weighted by Crippen LogP contribution is 2.46. The van der Waals surface area contributed by atoms with Crippen LogP contribution in [0.2, 0.25) is 5.02 Å². The van der Waals surface area contributed by atoms with E-state index in [2.05, 4.69) is 31.9 Å². The van der Waals surface area contributed by atoms with Crippen molar-refractivity contribution in [3.63, 3.8) is 0 Å². The average Bonchev–Trinajstić information content (AvgIpc) is 2.42. The fourth-order valence-corrected chi connectivity index (χ4v) is 3.42. The van der Waals surface area contributed by atoms with Gasteiger partial charge in [0.25, 0.3) is 0 Å². The van der Waals surface area contributed by atoms with Gasteiger partial charge in [0.2, 0.25) is 5.91 Å². The molecule has 0 radical (unpaired) electrons. The lowest BCUT2D eigenvalue weighted by atomic mass is 9.84. The predicted octanol–water partition coefficient (Wildman–Crippen LogP) is 4.21. The molecule has 0 N–H and O–H groups in total. The van der Waals surface area contributed by atoms with Gasteiger partial charge in [-0.2, -0.15) is 0 Å². The molecule has 1 unspecified atom stereocenters. The van der Waals surface area contributed by atoms with E-state index in [1.54, 1.807) is 18.0 Å². The first-order valence-corrected chi connectivity index (χ1v) is 6.95. The summed E-state index contributed by atoms with van der Waals surface area (Å²) < 4.78 is 0.752. The van der Waals surface area contributed by atoms with E-state index in [0.717, 1.165) is 14.6 Å². The predicted molar refractivity (Wildman–Crippen MR) is 78.2 cm³/mol. The number of amides is 1. The van der Waals surface area contributed by atoms with Gasteiger partial charge in [-0.3, -0.25) is 4.79 Å². The Bertz CT molecular complexity index is 525. The van der Waals surface area contributed by atoms with E-state index < -0.39 is 5.41 Å². The van der Waals surface area contributed by atoms with Gasteiger partial charge >= 0.3 is 0 Å². The molecule has 1 atom stereocenters. The third-order valence-corrected chi connectivity index (χ3v) is 3.79. The number of anilines is 1. The summed E-state index contributed by atoms with van der Waals surface area (Å²) in [6.07, 6.45) is 1.84. The highest BCUT2D eigenvalue weighted by atomic mass is 79.9. The summed E-state index contributed by atoms with van der Waals surface area (Å²) in [5.41, 5.74) is 1.03. The number of carbonyl (C=O) groups excluding carboxylic acids is 1. The minimum Gasteiger partial charge on any atom is -0.313 e. The zero-order valence-electron chi connectivity index (χ0n) is 9.30. The summed E-state index contributed by atoms with van der Waals surface area (Å²) in [6.45, 7) is 1.89. The molecule has 1 aromatic rings. The summed E-state index contributed by atoms with van der Waals surface area (Å²) in [4.78, 5) is 14.0. The Hall–Kier alpha value is -0.320. The van der Waals surface area contributed by atoms with E-state index in [-0.39, 0.29) is 5.91 Å². The summed E-state index contributed by atoms with van der Waals surface area (Å²) in [5, 5.41) is 0.598. The third-order valence-electron chi connectivity index (χ3n) is 3.03. The van der Waals surface area contributed by atoms with Gasteiger partial charge in [0, 0.05) is 7.05 Å². The normalized spacial score (nSPS) is 22.6. The van der Waals surface area contributed by atoms with Crippen LogP contribution < -0.4 is 4.90 Å². The van der Waals surface area contributed by atoms with Crippen LogP contribution in [0, 0.1) is 0 Å². The highest BCUT2D eigenvalue weighted by Gasteiger charge is 2.45. The van der Waals surface area contributed by atoms with E-state index in [0.29, 0.717) is 5.02 Å². The van der Waals surface area contributed by atoms with Gasteiger partial charge in [0.1, 0.15) is 0 Å². The maximum absolute atomic E-state index is 12.4. The number of nitrogens with zero attached hydrogens (tertiary/aromatic N) is 1. The standard InChI is InChI=1S/C12H10Br2ClNO/c1-12(6-9(13)14)7-4-3-5-8(15)10(7)16(2)11(12)17/h3-6H,1-2H3. The van der Waals surface area contributed by atoms with Gasteiger partial charge in [0.05, 0.1) is 19.5 Å². The van der Waals surface area contributed by atoms with Crippen molar-refractivity contribution in [2.75, 3.05) is 11.9 Å². The highest BCUT2D eigenvalue weighted by molar-refractivity contribution is 9.28. The Labute approximate surface area is 122 Å². The second-order valence-electron chi connectivity index (χ2n) is 4.14. The van der Waals surface area contributed by atoms with E-state index in [1.165, 1.54) is 0 Å². The largest absolute Gasteiger partial charge is 0.313 e. The lowest BCUT2D eigenvalue weighted by molar-refractivity contribution is -0.120. The van der Waals surface area contributed by atoms with Crippen LogP contribution in [-0.4, -0.2) is 13.0 Å². The molecule has 17 heavy (non-hydrogen) atoms. The average molecular weight is 379 g/mol. The Morgan fingerprint density at radius 1 is 1.47 bits per heavy atom. The zero-order valence-corrected chi connectivity index (χ0v) is 13.2. The summed E-state index contributed by atoms with van der Waals surface area (Å²) in [7, 11) is 1.74. The number of fused-ring (bicyclic) bond motifs is 1. The Kier molecular flexibility index (Phi) is 3.40. The van der Waals surface area contributed by atoms with Crippen molar-refractivity contribution in [1.29, 1.82) is 0 Å². The molecule has 1 aromatic carbocycles. The molecule has 2 nitrogen and oxygen atoms in total. The van der Waals surface area contributed by atoms with E-state index in [9.17, 15) is 4.79 Å². The molecule has 0 aromatic heterocycles. The molecule has 0 aliphatic carbocycles. The molecule has 1 aliphatic heterocycles. The Morgan fingerprint density at radius 3 is 2.71 bits per heavy atom. The number of benzene rings is 1. The number of likely N-dealkylation sites (N-methyl/N-ethyl adjacent to an activating group) is 1. The molecule has 1 heterocycles. The second kappa shape index (κ2) is 4.41. The van der Waals surface area contributed by atoms with Crippen molar-refractivity contribution in [2.24, 2.45) is 0 Å². The van der Waals surface area contributed by atoms with E-state index >= 15 is 0 Å². The van der Waals surface area contributed by atoms with Crippen LogP contribution in [0.1, 0.15) is 12.5 Å². The first-order valence-electron chi connectivity index (χ1n) is 4.99. The van der Waals surface area contributed by atoms with Crippen molar-refractivity contribution < 1.29 is 4.79 Å². The van der Waals surface area contributed by atoms with Gasteiger partial charge in [-0.25, -0.2) is 0 Å². The SMILES string of the molecule is CN1C(=O)C(C)(C=C(Br)Br)c2cccc(Cl)c21. The quantitative estimate of drug-likeness (QED) is 0.716. The lowest BCUT2D eigenvalue weighted by Crippen LogP contribution is -2.34. The van der Waals surface area contributed by atoms with Crippen molar-refractivity contribution >= 4 is 55.1 Å². The Balaban J connectivity index is 2.72. The zero-order chi connectivity index (χ0) is 12.8. The smallest absolute Gasteiger partial charge is 0.241 e. The third kappa shape index (κ3) is 1.96. The lowest BCUT2D eigenvalue weighted by Gasteiger charge is -2.18. The molecule has 5 heteroatoms. The monoisotopic (exact) mass is 377 g/mol. The number of halogens is 3. The van der Waals surface area contributed by atoms with Crippen LogP contribution in [0.25, 0.3) is 0 Å². The minimum atomic E-state index is -0.683. The summed E-state index contributed by atoms with van der Waals surface area (Å²) in [6, 6.07) is 5.59. The molecular weight excluding hydrogens is 369 g/mol. The van der Waals surface area contributed by atoms with E-state index in [4.69, 9.17) is 11.6 Å². The molecule has 0 saturated heterocycles. The van der Waals surface area contributed by atoms with Crippen LogP contribution in [0.4, 0.5) is 5.69 Å². The van der Waals surface area contributed by atoms with Crippen molar-refractivity contribution in [1.82, 2.24) is 0 Å². The molecule has 90 valence electrons. The maximum atomic E-state index is 12.4. The number of hydrogen-bond acceptors (Lipinski definition) is 1. The maximum Gasteiger partial charge on any atom is 0.241 e. The van der Waals surface area contributed by atoms with Crippen LogP contribution in [0.5, 0.6) is 0 Å². The van der Waals surface area contributed by atoms with Crippen molar-refractivity contribution in [2.45, 2.75) is 12.3 Å². The molecule has 0 spiro atoms. The molecule has 1 aliphatic rings. The summed E-state index contributed by atoms with van der Waals surface area (Å²) >= 11 is 12.8. The first-order chi connectivity index (χ1) is 7.88. The molecular formula is C12H10Br2ClNO. The number of hydrogen-bond donors (Lipinski definition) is 0.